The molecule has 0 unspecified atom stereocenters. The summed E-state index contributed by atoms with van der Waals surface area (Å²) in [6, 6.07) is 25.0. The van der Waals surface area contributed by atoms with Crippen molar-refractivity contribution in [2.45, 2.75) is 31.0 Å². The molecule has 4 atom stereocenters. The average Bonchev–Trinajstić information content (AvgIpc) is 3.29. The Morgan fingerprint density at radius 3 is 1.48 bits per heavy atom. The fraction of sp³-hybridized carbons (Fsp3) is 0.140. The molecular formula is C50H28O11. The Labute approximate surface area is 351 Å². The smallest absolute Gasteiger partial charge is 0.343 e. The Balaban J connectivity index is 0.978. The van der Waals surface area contributed by atoms with E-state index in [0.717, 1.165) is 0 Å². The maximum absolute atomic E-state index is 13.2. The Morgan fingerprint density at radius 1 is 0.525 bits per heavy atom. The van der Waals surface area contributed by atoms with Crippen molar-refractivity contribution in [1.82, 2.24) is 0 Å². The Hall–Kier alpha value is -8.75. The van der Waals surface area contributed by atoms with Crippen LogP contribution < -0.4 is 18.9 Å². The normalized spacial score (nSPS) is 16.5. The van der Waals surface area contributed by atoms with Gasteiger partial charge in [-0.25, -0.2) is 14.4 Å². The number of benzene rings is 4. The number of ether oxygens (including phenoxy) is 8. The lowest BCUT2D eigenvalue weighted by Gasteiger charge is -2.42. The highest BCUT2D eigenvalue weighted by atomic mass is 16.7. The first kappa shape index (κ1) is 41.9. The van der Waals surface area contributed by atoms with Gasteiger partial charge in [-0.2, -0.15) is 0 Å². The van der Waals surface area contributed by atoms with Crippen LogP contribution in [-0.4, -0.2) is 49.4 Å². The van der Waals surface area contributed by atoms with E-state index in [0.29, 0.717) is 41.4 Å². The van der Waals surface area contributed by atoms with Gasteiger partial charge in [-0.05, 0) is 120 Å². The van der Waals surface area contributed by atoms with Crippen molar-refractivity contribution in [3.05, 3.63) is 119 Å². The molecule has 4 aromatic rings. The second-order valence-corrected chi connectivity index (χ2v) is 12.3. The van der Waals surface area contributed by atoms with Crippen LogP contribution in [-0.2, 0) is 18.9 Å². The number of carbonyl (C=O) groups is 3. The Bertz CT molecular complexity index is 2740. The lowest BCUT2D eigenvalue weighted by molar-refractivity contribution is -0.298. The minimum Gasteiger partial charge on any atom is -0.456 e. The number of carbonyl (C=O) groups excluding carboxylic acids is 3. The van der Waals surface area contributed by atoms with Gasteiger partial charge in [0.1, 0.15) is 53.5 Å². The highest BCUT2D eigenvalue weighted by Crippen LogP contribution is 2.34. The zero-order valence-electron chi connectivity index (χ0n) is 31.8. The first-order valence-electron chi connectivity index (χ1n) is 18.1. The summed E-state index contributed by atoms with van der Waals surface area (Å²) in [6.45, 7) is 0.538. The quantitative estimate of drug-likeness (QED) is 0.121. The summed E-state index contributed by atoms with van der Waals surface area (Å²) in [5.41, 5.74) is 1.45. The average molecular weight is 805 g/mol. The largest absolute Gasteiger partial charge is 0.456 e. The lowest BCUT2D eigenvalue weighted by atomic mass is 10.0. The first-order chi connectivity index (χ1) is 29.9. The van der Waals surface area contributed by atoms with Gasteiger partial charge in [0, 0.05) is 47.5 Å². The van der Waals surface area contributed by atoms with Crippen molar-refractivity contribution in [2.75, 3.05) is 13.2 Å². The molecule has 0 radical (unpaired) electrons. The molecule has 0 aromatic heterocycles. The van der Waals surface area contributed by atoms with E-state index < -0.39 is 42.5 Å². The number of hydrogen-bond acceptors (Lipinski definition) is 11. The summed E-state index contributed by atoms with van der Waals surface area (Å²) in [5, 5.41) is 0. The van der Waals surface area contributed by atoms with Crippen LogP contribution in [0.2, 0.25) is 0 Å². The van der Waals surface area contributed by atoms with Crippen molar-refractivity contribution in [1.29, 1.82) is 0 Å². The summed E-state index contributed by atoms with van der Waals surface area (Å²) in [5.74, 6) is 28.1. The van der Waals surface area contributed by atoms with Crippen LogP contribution in [0.25, 0.3) is 0 Å². The summed E-state index contributed by atoms with van der Waals surface area (Å²) >= 11 is 0. The zero-order chi connectivity index (χ0) is 42.7. The highest BCUT2D eigenvalue weighted by molar-refractivity contribution is 5.92. The SMILES string of the molecule is C#CC#CC#CC#COc1ccc(C(=O)Oc2ccc(C(=O)O[C@@H]3CCO[C@@H]4CO[C@@H](c5ccc(OC(=O)c6ccc(OC#CC#CC#CC#C)cc6)cc5)O[C@H]43)cc2)cc1. The van der Waals surface area contributed by atoms with E-state index in [1.165, 1.54) is 48.5 Å². The molecule has 2 saturated heterocycles. The van der Waals surface area contributed by atoms with E-state index in [4.69, 9.17) is 50.7 Å². The predicted molar refractivity (Wildman–Crippen MR) is 218 cm³/mol. The topological polar surface area (TPSA) is 125 Å². The second kappa shape index (κ2) is 21.7. The van der Waals surface area contributed by atoms with Crippen molar-refractivity contribution >= 4 is 17.9 Å². The Morgan fingerprint density at radius 2 is 0.967 bits per heavy atom. The molecule has 0 amide bonds. The standard InChI is InChI=1S/C50H28O11/c1-3-5-7-9-11-13-32-54-40-23-15-36(16-24-40)47(51)58-42-27-19-38(20-28-42)49(53)60-44-31-34-56-45-35-57-50(61-46(44)45)39-21-29-43(30-22-39)59-48(52)37-17-25-41(26-18-37)55-33-14-12-10-8-6-4-2/h1-2,15-30,44-46,50H,31,34-35H2/t44-,45-,46+,50-/m1/s1. The maximum atomic E-state index is 13.2. The van der Waals surface area contributed by atoms with Gasteiger partial charge in [-0.15, -0.1) is 12.8 Å². The molecule has 0 spiro atoms. The molecule has 0 bridgehead atoms. The van der Waals surface area contributed by atoms with Gasteiger partial charge in [0.25, 0.3) is 0 Å². The van der Waals surface area contributed by atoms with Crippen molar-refractivity contribution < 1.29 is 52.3 Å². The molecule has 6 rings (SSSR count). The van der Waals surface area contributed by atoms with Gasteiger partial charge in [-0.1, -0.05) is 12.1 Å². The van der Waals surface area contributed by atoms with Gasteiger partial charge < -0.3 is 37.9 Å². The van der Waals surface area contributed by atoms with E-state index in [9.17, 15) is 14.4 Å². The molecule has 4 aromatic carbocycles. The molecule has 2 heterocycles. The summed E-state index contributed by atoms with van der Waals surface area (Å²) in [6.07, 6.45) is 12.7. The van der Waals surface area contributed by atoms with E-state index >= 15 is 0 Å². The predicted octanol–water partition coefficient (Wildman–Crippen LogP) is 5.51. The van der Waals surface area contributed by atoms with Crippen molar-refractivity contribution in [2.24, 2.45) is 0 Å². The zero-order valence-corrected chi connectivity index (χ0v) is 31.8. The Kier molecular flexibility index (Phi) is 14.9. The van der Waals surface area contributed by atoms with Crippen molar-refractivity contribution in [3.63, 3.8) is 0 Å². The van der Waals surface area contributed by atoms with Gasteiger partial charge in [0.05, 0.1) is 29.9 Å². The lowest BCUT2D eigenvalue weighted by Crippen LogP contribution is -2.53. The van der Waals surface area contributed by atoms with Crippen LogP contribution in [0.3, 0.4) is 0 Å². The molecule has 0 N–H and O–H groups in total. The molecule has 0 aliphatic carbocycles. The third kappa shape index (κ3) is 12.4. The second-order valence-electron chi connectivity index (χ2n) is 12.3. The van der Waals surface area contributed by atoms with E-state index in [-0.39, 0.29) is 23.5 Å². The summed E-state index contributed by atoms with van der Waals surface area (Å²) in [7, 11) is 0. The molecule has 294 valence electrons. The summed E-state index contributed by atoms with van der Waals surface area (Å²) < 4.78 is 45.5. The van der Waals surface area contributed by atoms with Crippen molar-refractivity contribution in [3.8, 4) is 119 Å². The number of rotatable bonds is 9. The molecule has 2 aliphatic rings. The minimum atomic E-state index is -0.803. The molecular weight excluding hydrogens is 777 g/mol. The van der Waals surface area contributed by atoms with Crippen LogP contribution in [0.15, 0.2) is 97.1 Å². The maximum Gasteiger partial charge on any atom is 0.343 e. The summed E-state index contributed by atoms with van der Waals surface area (Å²) in [4.78, 5) is 38.8. The van der Waals surface area contributed by atoms with Crippen LogP contribution in [0.4, 0.5) is 0 Å². The van der Waals surface area contributed by atoms with E-state index in [1.807, 2.05) is 0 Å². The fourth-order valence-electron chi connectivity index (χ4n) is 5.50. The van der Waals surface area contributed by atoms with Gasteiger partial charge >= 0.3 is 17.9 Å². The molecule has 2 fully saturated rings. The van der Waals surface area contributed by atoms with Gasteiger partial charge in [-0.3, -0.25) is 0 Å². The number of esters is 3. The molecule has 2 aliphatic heterocycles. The molecule has 11 nitrogen and oxygen atoms in total. The molecule has 0 saturated carbocycles. The molecule has 11 heteroatoms. The van der Waals surface area contributed by atoms with Crippen LogP contribution in [0, 0.1) is 96.1 Å². The number of fused-ring (bicyclic) bond motifs is 1. The van der Waals surface area contributed by atoms with Crippen LogP contribution in [0.5, 0.6) is 23.0 Å². The fourth-order valence-corrected chi connectivity index (χ4v) is 5.50. The van der Waals surface area contributed by atoms with Crippen LogP contribution >= 0.6 is 0 Å². The van der Waals surface area contributed by atoms with Gasteiger partial charge in [0.2, 0.25) is 0 Å². The monoisotopic (exact) mass is 804 g/mol. The van der Waals surface area contributed by atoms with E-state index in [1.54, 1.807) is 48.5 Å². The molecule has 61 heavy (non-hydrogen) atoms. The third-order valence-corrected chi connectivity index (χ3v) is 8.35. The number of hydrogen-bond donors (Lipinski definition) is 0. The first-order valence-corrected chi connectivity index (χ1v) is 18.1. The van der Waals surface area contributed by atoms with E-state index in [2.05, 4.69) is 83.3 Å². The van der Waals surface area contributed by atoms with Crippen LogP contribution in [0.1, 0.15) is 49.3 Å². The highest BCUT2D eigenvalue weighted by Gasteiger charge is 2.43. The van der Waals surface area contributed by atoms with Gasteiger partial charge in [0.15, 0.2) is 6.29 Å². The third-order valence-electron chi connectivity index (χ3n) is 8.35. The number of terminal acetylenes is 2. The minimum absolute atomic E-state index is 0.198.